The van der Waals surface area contributed by atoms with E-state index in [0.29, 0.717) is 11.4 Å². The van der Waals surface area contributed by atoms with Crippen LogP contribution in [0, 0.1) is 13.8 Å². The number of esters is 1. The highest BCUT2D eigenvalue weighted by atomic mass is 16.5. The van der Waals surface area contributed by atoms with Crippen LogP contribution >= 0.6 is 0 Å². The molecule has 5 rings (SSSR count). The first-order chi connectivity index (χ1) is 18.0. The Kier molecular flexibility index (Phi) is 6.72. The number of carbonyl (C=O) groups is 2. The molecule has 6 heteroatoms. The Morgan fingerprint density at radius 1 is 0.757 bits per heavy atom. The normalized spacial score (nSPS) is 10.8. The van der Waals surface area contributed by atoms with Gasteiger partial charge in [-0.3, -0.25) is 4.79 Å². The topological polar surface area (TPSA) is 74.1 Å². The number of hydrogen-bond donors (Lipinski definition) is 0. The maximum Gasteiger partial charge on any atom is 0.378 e. The Bertz CT molecular complexity index is 1560. The molecule has 6 nitrogen and oxygen atoms in total. The summed E-state index contributed by atoms with van der Waals surface area (Å²) in [5, 5.41) is 4.47. The van der Waals surface area contributed by atoms with E-state index in [2.05, 4.69) is 10.1 Å². The lowest BCUT2D eigenvalue weighted by Crippen LogP contribution is -2.15. The molecule has 0 radical (unpaired) electrons. The van der Waals surface area contributed by atoms with Crippen molar-refractivity contribution in [3.8, 4) is 28.2 Å². The molecule has 0 saturated carbocycles. The smallest absolute Gasteiger partial charge is 0.378 e. The minimum atomic E-state index is -0.754. The number of carbonyl (C=O) groups excluding carboxylic acids is 2. The molecule has 4 aromatic carbocycles. The van der Waals surface area contributed by atoms with E-state index >= 15 is 0 Å². The Morgan fingerprint density at radius 2 is 1.38 bits per heavy atom. The van der Waals surface area contributed by atoms with E-state index in [4.69, 9.17) is 4.74 Å². The fourth-order valence-corrected chi connectivity index (χ4v) is 4.05. The Hall–Kier alpha value is -4.84. The zero-order valence-corrected chi connectivity index (χ0v) is 20.6. The molecular formula is C31H25N3O3. The van der Waals surface area contributed by atoms with Crippen molar-refractivity contribution in [3.05, 3.63) is 126 Å². The molecular weight excluding hydrogens is 462 g/mol. The van der Waals surface area contributed by atoms with Gasteiger partial charge in [0.05, 0.1) is 5.69 Å². The Balaban J connectivity index is 1.36. The SMILES string of the molecule is Cc1ccc(C)c(-n2nc(C(=O)OCC(=O)c3ccc(-c4ccccc4)cc3)nc2-c2ccccc2)c1. The Morgan fingerprint density at radius 3 is 2.05 bits per heavy atom. The lowest BCUT2D eigenvalue weighted by molar-refractivity contribution is 0.0462. The van der Waals surface area contributed by atoms with Crippen molar-refractivity contribution in [2.24, 2.45) is 0 Å². The molecule has 0 fully saturated rings. The van der Waals surface area contributed by atoms with E-state index in [0.717, 1.165) is 33.5 Å². The van der Waals surface area contributed by atoms with Crippen LogP contribution in [-0.2, 0) is 4.74 Å². The number of hydrogen-bond acceptors (Lipinski definition) is 5. The summed E-state index contributed by atoms with van der Waals surface area (Å²) in [6.07, 6.45) is 0. The van der Waals surface area contributed by atoms with Crippen LogP contribution < -0.4 is 0 Å². The standard InChI is InChI=1S/C31H25N3O3/c1-21-13-14-22(2)27(19-21)34-30(26-11-7-4-8-12-26)32-29(33-34)31(36)37-20-28(35)25-17-15-24(16-18-25)23-9-5-3-6-10-23/h3-19H,20H2,1-2H3. The van der Waals surface area contributed by atoms with Crippen LogP contribution in [0.4, 0.5) is 0 Å². The van der Waals surface area contributed by atoms with Gasteiger partial charge in [-0.2, -0.15) is 0 Å². The van der Waals surface area contributed by atoms with E-state index in [1.807, 2.05) is 105 Å². The lowest BCUT2D eigenvalue weighted by atomic mass is 10.0. The monoisotopic (exact) mass is 487 g/mol. The first-order valence-electron chi connectivity index (χ1n) is 12.0. The van der Waals surface area contributed by atoms with Gasteiger partial charge in [0.2, 0.25) is 0 Å². The second-order valence-corrected chi connectivity index (χ2v) is 8.77. The van der Waals surface area contributed by atoms with Crippen molar-refractivity contribution < 1.29 is 14.3 Å². The maximum atomic E-state index is 12.9. The minimum Gasteiger partial charge on any atom is -0.451 e. The molecule has 0 unspecified atom stereocenters. The van der Waals surface area contributed by atoms with Crippen LogP contribution in [0.2, 0.25) is 0 Å². The van der Waals surface area contributed by atoms with Crippen LogP contribution in [0.5, 0.6) is 0 Å². The molecule has 5 aromatic rings. The fraction of sp³-hybridized carbons (Fsp3) is 0.0968. The molecule has 1 heterocycles. The van der Waals surface area contributed by atoms with Crippen molar-refractivity contribution in [2.75, 3.05) is 6.61 Å². The lowest BCUT2D eigenvalue weighted by Gasteiger charge is -2.10. The van der Waals surface area contributed by atoms with Crippen LogP contribution in [0.15, 0.2) is 103 Å². The van der Waals surface area contributed by atoms with Crippen molar-refractivity contribution in [1.82, 2.24) is 14.8 Å². The molecule has 0 spiro atoms. The van der Waals surface area contributed by atoms with Crippen LogP contribution in [0.1, 0.15) is 32.1 Å². The summed E-state index contributed by atoms with van der Waals surface area (Å²) in [6.45, 7) is 3.57. The summed E-state index contributed by atoms with van der Waals surface area (Å²) in [7, 11) is 0. The van der Waals surface area contributed by atoms with Crippen LogP contribution in [-0.4, -0.2) is 33.1 Å². The molecule has 0 aliphatic rings. The second-order valence-electron chi connectivity index (χ2n) is 8.77. The van der Waals surface area contributed by atoms with E-state index in [1.165, 1.54) is 0 Å². The predicted molar refractivity (Wildman–Crippen MR) is 143 cm³/mol. The van der Waals surface area contributed by atoms with Gasteiger partial charge in [0, 0.05) is 11.1 Å². The number of ether oxygens (including phenoxy) is 1. The molecule has 0 aliphatic heterocycles. The van der Waals surface area contributed by atoms with E-state index in [1.54, 1.807) is 16.8 Å². The van der Waals surface area contributed by atoms with Crippen molar-refractivity contribution in [3.63, 3.8) is 0 Å². The summed E-state index contributed by atoms with van der Waals surface area (Å²) in [4.78, 5) is 30.1. The third-order valence-electron chi connectivity index (χ3n) is 6.06. The highest BCUT2D eigenvalue weighted by Gasteiger charge is 2.22. The summed E-state index contributed by atoms with van der Waals surface area (Å²) in [5.41, 5.74) is 6.21. The molecule has 0 amide bonds. The average molecular weight is 488 g/mol. The number of aryl methyl sites for hydroxylation is 2. The van der Waals surface area contributed by atoms with Gasteiger partial charge in [0.15, 0.2) is 18.2 Å². The molecule has 1 aromatic heterocycles. The van der Waals surface area contributed by atoms with Gasteiger partial charge in [0.1, 0.15) is 0 Å². The third kappa shape index (κ3) is 5.23. The number of Topliss-reactive ketones (excluding diaryl/α,β-unsaturated/α-hetero) is 1. The van der Waals surface area contributed by atoms with Gasteiger partial charge in [-0.1, -0.05) is 97.1 Å². The van der Waals surface area contributed by atoms with Gasteiger partial charge < -0.3 is 4.74 Å². The van der Waals surface area contributed by atoms with Crippen LogP contribution in [0.25, 0.3) is 28.2 Å². The largest absolute Gasteiger partial charge is 0.451 e. The number of benzene rings is 4. The highest BCUT2D eigenvalue weighted by molar-refractivity contribution is 5.99. The summed E-state index contributed by atoms with van der Waals surface area (Å²) < 4.78 is 6.98. The Labute approximate surface area is 215 Å². The third-order valence-corrected chi connectivity index (χ3v) is 6.06. The minimum absolute atomic E-state index is 0.105. The van der Waals surface area contributed by atoms with Crippen molar-refractivity contribution in [1.29, 1.82) is 0 Å². The zero-order valence-electron chi connectivity index (χ0n) is 20.6. The van der Waals surface area contributed by atoms with E-state index in [9.17, 15) is 9.59 Å². The van der Waals surface area contributed by atoms with Gasteiger partial charge in [-0.05, 0) is 42.2 Å². The molecule has 37 heavy (non-hydrogen) atoms. The van der Waals surface area contributed by atoms with Crippen molar-refractivity contribution in [2.45, 2.75) is 13.8 Å². The molecule has 0 atom stereocenters. The van der Waals surface area contributed by atoms with Gasteiger partial charge in [-0.25, -0.2) is 14.5 Å². The highest BCUT2D eigenvalue weighted by Crippen LogP contribution is 2.24. The summed E-state index contributed by atoms with van der Waals surface area (Å²) in [6, 6.07) is 32.7. The predicted octanol–water partition coefficient (Wildman–Crippen LogP) is 6.26. The van der Waals surface area contributed by atoms with E-state index in [-0.39, 0.29) is 11.6 Å². The molecule has 0 saturated heterocycles. The number of nitrogens with zero attached hydrogens (tertiary/aromatic N) is 3. The first kappa shape index (κ1) is 23.9. The number of ketones is 1. The maximum absolute atomic E-state index is 12.9. The van der Waals surface area contributed by atoms with Gasteiger partial charge in [-0.15, -0.1) is 5.10 Å². The number of rotatable bonds is 7. The fourth-order valence-electron chi connectivity index (χ4n) is 4.05. The molecule has 0 N–H and O–H groups in total. The summed E-state index contributed by atoms with van der Waals surface area (Å²) in [5.74, 6) is -0.642. The second kappa shape index (κ2) is 10.4. The first-order valence-corrected chi connectivity index (χ1v) is 12.0. The zero-order chi connectivity index (χ0) is 25.8. The molecule has 182 valence electrons. The van der Waals surface area contributed by atoms with Gasteiger partial charge >= 0.3 is 5.97 Å². The summed E-state index contributed by atoms with van der Waals surface area (Å²) >= 11 is 0. The van der Waals surface area contributed by atoms with E-state index < -0.39 is 12.6 Å². The van der Waals surface area contributed by atoms with Crippen LogP contribution in [0.3, 0.4) is 0 Å². The van der Waals surface area contributed by atoms with Gasteiger partial charge in [0.25, 0.3) is 5.82 Å². The molecule has 0 bridgehead atoms. The quantitative estimate of drug-likeness (QED) is 0.200. The number of aromatic nitrogens is 3. The average Bonchev–Trinajstić information content (AvgIpc) is 3.39. The van der Waals surface area contributed by atoms with Crippen molar-refractivity contribution >= 4 is 11.8 Å². The molecule has 0 aliphatic carbocycles.